The number of hydrogen-bond acceptors (Lipinski definition) is 2. The molecule has 0 unspecified atom stereocenters. The molecule has 0 aliphatic carbocycles. The van der Waals surface area contributed by atoms with Gasteiger partial charge in [-0.3, -0.25) is 0 Å². The molecule has 0 bridgehead atoms. The van der Waals surface area contributed by atoms with Crippen molar-refractivity contribution in [3.63, 3.8) is 0 Å². The molecular weight excluding hydrogens is 298 g/mol. The Bertz CT molecular complexity index is 121. The Kier molecular flexibility index (Phi) is 8.07. The van der Waals surface area contributed by atoms with Gasteiger partial charge in [0.15, 0.2) is 0 Å². The van der Waals surface area contributed by atoms with Crippen LogP contribution in [0.2, 0.25) is 0 Å². The van der Waals surface area contributed by atoms with Crippen LogP contribution in [-0.4, -0.2) is 36.9 Å². The lowest BCUT2D eigenvalue weighted by atomic mass is 10.5. The Morgan fingerprint density at radius 3 is 2.46 bits per heavy atom. The maximum Gasteiger partial charge on any atom is 0.411 e. The van der Waals surface area contributed by atoms with Crippen LogP contribution in [-0.2, 0) is 4.74 Å². The van der Waals surface area contributed by atoms with Crippen LogP contribution in [0.15, 0.2) is 0 Å². The van der Waals surface area contributed by atoms with Gasteiger partial charge in [0.2, 0.25) is 0 Å². The minimum atomic E-state index is -4.21. The van der Waals surface area contributed by atoms with Crippen LogP contribution in [0.3, 0.4) is 0 Å². The SMILES string of the molecule is FC(F)(F)COCCNCCCI. The largest absolute Gasteiger partial charge is 0.411 e. The molecule has 1 N–H and O–H groups in total. The summed E-state index contributed by atoms with van der Waals surface area (Å²) in [7, 11) is 0. The molecule has 6 heteroatoms. The summed E-state index contributed by atoms with van der Waals surface area (Å²) in [6.45, 7) is 0.271. The molecule has 13 heavy (non-hydrogen) atoms. The van der Waals surface area contributed by atoms with Crippen molar-refractivity contribution in [2.75, 3.05) is 30.7 Å². The van der Waals surface area contributed by atoms with Crippen molar-refractivity contribution < 1.29 is 17.9 Å². The zero-order valence-corrected chi connectivity index (χ0v) is 9.32. The predicted octanol–water partition coefficient (Wildman–Crippen LogP) is 1.98. The van der Waals surface area contributed by atoms with Gasteiger partial charge in [-0.1, -0.05) is 22.6 Å². The van der Waals surface area contributed by atoms with Crippen LogP contribution in [0.4, 0.5) is 13.2 Å². The molecular formula is C7H13F3INO. The monoisotopic (exact) mass is 311 g/mol. The number of nitrogens with one attached hydrogen (secondary N) is 1. The fourth-order valence-corrected chi connectivity index (χ4v) is 1.03. The van der Waals surface area contributed by atoms with Crippen LogP contribution >= 0.6 is 22.6 Å². The molecule has 0 amide bonds. The second-order valence-corrected chi connectivity index (χ2v) is 3.54. The molecule has 0 aromatic rings. The normalized spacial score (nSPS) is 12.0. The summed E-state index contributed by atoms with van der Waals surface area (Å²) in [5, 5.41) is 2.98. The van der Waals surface area contributed by atoms with Crippen molar-refractivity contribution in [2.24, 2.45) is 0 Å². The van der Waals surface area contributed by atoms with Crippen LogP contribution in [0, 0.1) is 0 Å². The summed E-state index contributed by atoms with van der Waals surface area (Å²) in [6.07, 6.45) is -3.18. The quantitative estimate of drug-likeness (QED) is 0.441. The summed E-state index contributed by atoms with van der Waals surface area (Å²) < 4.78 is 40.1. The second kappa shape index (κ2) is 7.81. The van der Waals surface area contributed by atoms with E-state index in [1.165, 1.54) is 0 Å². The molecule has 0 aliphatic rings. The van der Waals surface area contributed by atoms with E-state index in [1.54, 1.807) is 0 Å². The van der Waals surface area contributed by atoms with Gasteiger partial charge in [0.1, 0.15) is 6.61 Å². The van der Waals surface area contributed by atoms with E-state index >= 15 is 0 Å². The number of halogens is 4. The van der Waals surface area contributed by atoms with Crippen molar-refractivity contribution in [3.8, 4) is 0 Å². The van der Waals surface area contributed by atoms with Crippen LogP contribution < -0.4 is 5.32 Å². The van der Waals surface area contributed by atoms with E-state index in [0.717, 1.165) is 17.4 Å². The molecule has 2 nitrogen and oxygen atoms in total. The molecule has 0 radical (unpaired) electrons. The van der Waals surface area contributed by atoms with Gasteiger partial charge in [0.25, 0.3) is 0 Å². The molecule has 0 aliphatic heterocycles. The molecule has 0 saturated carbocycles. The number of alkyl halides is 4. The van der Waals surface area contributed by atoms with Crippen LogP contribution in [0.5, 0.6) is 0 Å². The lowest BCUT2D eigenvalue weighted by Gasteiger charge is -2.07. The van der Waals surface area contributed by atoms with Gasteiger partial charge in [-0.25, -0.2) is 0 Å². The molecule has 0 aromatic carbocycles. The van der Waals surface area contributed by atoms with Crippen molar-refractivity contribution in [2.45, 2.75) is 12.6 Å². The first kappa shape index (κ1) is 13.4. The zero-order chi connectivity index (χ0) is 10.2. The highest BCUT2D eigenvalue weighted by Gasteiger charge is 2.26. The average molecular weight is 311 g/mol. The van der Waals surface area contributed by atoms with Crippen LogP contribution in [0.25, 0.3) is 0 Å². The summed E-state index contributed by atoms with van der Waals surface area (Å²) in [5.41, 5.74) is 0. The van der Waals surface area contributed by atoms with Gasteiger partial charge >= 0.3 is 6.18 Å². The van der Waals surface area contributed by atoms with E-state index in [0.29, 0.717) is 6.54 Å². The van der Waals surface area contributed by atoms with Gasteiger partial charge in [-0.2, -0.15) is 13.2 Å². The lowest BCUT2D eigenvalue weighted by molar-refractivity contribution is -0.173. The van der Waals surface area contributed by atoms with E-state index < -0.39 is 12.8 Å². The molecule has 0 rings (SSSR count). The second-order valence-electron chi connectivity index (χ2n) is 2.46. The lowest BCUT2D eigenvalue weighted by Crippen LogP contribution is -2.24. The molecule has 0 atom stereocenters. The minimum absolute atomic E-state index is 0.112. The third-order valence-corrected chi connectivity index (χ3v) is 1.94. The number of rotatable bonds is 7. The first-order valence-electron chi connectivity index (χ1n) is 3.97. The van der Waals surface area contributed by atoms with Gasteiger partial charge in [-0.15, -0.1) is 0 Å². The van der Waals surface area contributed by atoms with E-state index in [1.807, 2.05) is 0 Å². The van der Waals surface area contributed by atoms with Crippen molar-refractivity contribution in [3.05, 3.63) is 0 Å². The molecule has 80 valence electrons. The van der Waals surface area contributed by atoms with E-state index in [-0.39, 0.29) is 6.61 Å². The summed E-state index contributed by atoms with van der Waals surface area (Å²) >= 11 is 2.25. The van der Waals surface area contributed by atoms with Gasteiger partial charge in [0, 0.05) is 11.0 Å². The Hall–Kier alpha value is 0.440. The fourth-order valence-electron chi connectivity index (χ4n) is 0.649. The molecule has 0 aromatic heterocycles. The first-order chi connectivity index (χ1) is 6.06. The maximum absolute atomic E-state index is 11.5. The molecule has 0 fully saturated rings. The van der Waals surface area contributed by atoms with Gasteiger partial charge in [0.05, 0.1) is 6.61 Å². The van der Waals surface area contributed by atoms with Gasteiger partial charge in [-0.05, 0) is 13.0 Å². The highest BCUT2D eigenvalue weighted by molar-refractivity contribution is 14.1. The van der Waals surface area contributed by atoms with Crippen molar-refractivity contribution in [1.82, 2.24) is 5.32 Å². The van der Waals surface area contributed by atoms with Crippen molar-refractivity contribution in [1.29, 1.82) is 0 Å². The van der Waals surface area contributed by atoms with Crippen LogP contribution in [0.1, 0.15) is 6.42 Å². The van der Waals surface area contributed by atoms with E-state index in [4.69, 9.17) is 0 Å². The Morgan fingerprint density at radius 1 is 1.23 bits per heavy atom. The smallest absolute Gasteiger partial charge is 0.371 e. The Balaban J connectivity index is 3.00. The summed E-state index contributed by atoms with van der Waals surface area (Å²) in [4.78, 5) is 0. The van der Waals surface area contributed by atoms with Crippen molar-refractivity contribution >= 4 is 22.6 Å². The highest BCUT2D eigenvalue weighted by Crippen LogP contribution is 2.13. The third kappa shape index (κ3) is 12.4. The Morgan fingerprint density at radius 2 is 1.92 bits per heavy atom. The first-order valence-corrected chi connectivity index (χ1v) is 5.50. The predicted molar refractivity (Wildman–Crippen MR) is 53.2 cm³/mol. The fraction of sp³-hybridized carbons (Fsp3) is 1.00. The summed E-state index contributed by atoms with van der Waals surface area (Å²) in [6, 6.07) is 0. The minimum Gasteiger partial charge on any atom is -0.371 e. The summed E-state index contributed by atoms with van der Waals surface area (Å²) in [5.74, 6) is 0. The van der Waals surface area contributed by atoms with E-state index in [9.17, 15) is 13.2 Å². The average Bonchev–Trinajstić information content (AvgIpc) is 2.01. The maximum atomic E-state index is 11.5. The number of ether oxygens (including phenoxy) is 1. The number of hydrogen-bond donors (Lipinski definition) is 1. The molecule has 0 saturated heterocycles. The molecule has 0 spiro atoms. The third-order valence-electron chi connectivity index (χ3n) is 1.18. The standard InChI is InChI=1S/C7H13F3INO/c8-7(9,10)6-13-5-4-12-3-1-2-11/h12H,1-6H2. The Labute approximate surface area is 89.4 Å². The van der Waals surface area contributed by atoms with E-state index in [2.05, 4.69) is 32.6 Å². The molecule has 0 heterocycles. The topological polar surface area (TPSA) is 21.3 Å². The zero-order valence-electron chi connectivity index (χ0n) is 7.16. The van der Waals surface area contributed by atoms with Gasteiger partial charge < -0.3 is 10.1 Å². The highest BCUT2D eigenvalue weighted by atomic mass is 127.